The Morgan fingerprint density at radius 2 is 2.09 bits per heavy atom. The fourth-order valence-corrected chi connectivity index (χ4v) is 2.06. The third-order valence-electron chi connectivity index (χ3n) is 3.01. The molecule has 1 heterocycles. The van der Waals surface area contributed by atoms with Crippen LogP contribution < -0.4 is 4.90 Å². The number of hydrogen-bond donors (Lipinski definition) is 0. The summed E-state index contributed by atoms with van der Waals surface area (Å²) in [6.07, 6.45) is 0.0648. The number of methoxy groups -OCH3 is 1. The van der Waals surface area contributed by atoms with E-state index in [4.69, 9.17) is 4.21 Å². The molecule has 8 nitrogen and oxygen atoms in total. The number of benzene rings is 1. The van der Waals surface area contributed by atoms with Gasteiger partial charge < -0.3 is 9.64 Å². The molecule has 126 valence electrons. The van der Waals surface area contributed by atoms with E-state index in [0.717, 1.165) is 0 Å². The highest BCUT2D eigenvalue weighted by Crippen LogP contribution is 2.28. The quantitative estimate of drug-likeness (QED) is 0.343. The van der Waals surface area contributed by atoms with E-state index in [1.54, 1.807) is 6.07 Å². The molecule has 23 heavy (non-hydrogen) atoms. The van der Waals surface area contributed by atoms with Gasteiger partial charge in [-0.1, -0.05) is 6.07 Å². The van der Waals surface area contributed by atoms with Crippen LogP contribution in [-0.2, 0) is 23.6 Å². The fraction of sp³-hybridized carbons (Fsp3) is 0.333. The minimum Gasteiger partial charge on any atom is -0.469 e. The summed E-state index contributed by atoms with van der Waals surface area (Å²) in [4.78, 5) is 34.8. The van der Waals surface area contributed by atoms with E-state index in [-0.39, 0.29) is 24.6 Å². The molecule has 0 spiro atoms. The molecule has 1 aromatic rings. The number of carbonyl (C=O) groups is 2. The Labute approximate surface area is 142 Å². The van der Waals surface area contributed by atoms with Crippen LogP contribution in [0.1, 0.15) is 6.42 Å². The predicted molar refractivity (Wildman–Crippen MR) is 85.4 cm³/mol. The minimum absolute atomic E-state index is 0.0648. The number of esters is 1. The Morgan fingerprint density at radius 3 is 2.61 bits per heavy atom. The summed E-state index contributed by atoms with van der Waals surface area (Å²) >= 11 is 0. The van der Waals surface area contributed by atoms with Gasteiger partial charge >= 0.3 is 5.97 Å². The Kier molecular flexibility index (Phi) is 7.40. The molecule has 1 unspecified atom stereocenters. The highest BCUT2D eigenvalue weighted by atomic mass is 36.0. The van der Waals surface area contributed by atoms with Crippen LogP contribution in [0, 0.1) is 16.0 Å². The van der Waals surface area contributed by atoms with Gasteiger partial charge in [-0.2, -0.15) is 0 Å². The largest absolute Gasteiger partial charge is 0.469 e. The fourth-order valence-electron chi connectivity index (χ4n) is 2.06. The number of nitro benzene ring substituents is 1. The summed E-state index contributed by atoms with van der Waals surface area (Å²) in [5.41, 5.74) is 0.331. The molecule has 0 aliphatic carbocycles. The van der Waals surface area contributed by atoms with Gasteiger partial charge in [0.1, 0.15) is 0 Å². The van der Waals surface area contributed by atoms with Gasteiger partial charge in [-0.15, -0.1) is 0 Å². The van der Waals surface area contributed by atoms with E-state index in [2.05, 4.69) is 26.1 Å². The number of carbonyl (C=O) groups excluding carboxylic acids is 2. The summed E-state index contributed by atoms with van der Waals surface area (Å²) in [7, 11) is 8.62. The first-order chi connectivity index (χ1) is 10.8. The van der Waals surface area contributed by atoms with Gasteiger partial charge in [-0.3, -0.25) is 19.7 Å². The van der Waals surface area contributed by atoms with E-state index in [0.29, 0.717) is 5.69 Å². The molecular formula is C12H12Cl2N2O6S. The molecule has 1 atom stereocenters. The SMILES string of the molecule is COC(=O)C1CC(=O)N(c2cccc([N+](=O)[O-])c2)C1.O=S(Cl)Cl. The second-order valence-electron chi connectivity index (χ2n) is 4.39. The topological polar surface area (TPSA) is 107 Å². The van der Waals surface area contributed by atoms with Crippen LogP contribution in [0.25, 0.3) is 0 Å². The van der Waals surface area contributed by atoms with Crippen LogP contribution in [0.3, 0.4) is 0 Å². The van der Waals surface area contributed by atoms with Crippen LogP contribution in [0.4, 0.5) is 11.4 Å². The van der Waals surface area contributed by atoms with Gasteiger partial charge in [-0.25, -0.2) is 4.21 Å². The second kappa shape index (κ2) is 8.80. The minimum atomic E-state index is -1.67. The number of rotatable bonds is 3. The highest BCUT2D eigenvalue weighted by molar-refractivity contribution is 8.26. The molecule has 11 heteroatoms. The smallest absolute Gasteiger partial charge is 0.311 e. The number of ether oxygens (including phenoxy) is 1. The molecule has 0 N–H and O–H groups in total. The van der Waals surface area contributed by atoms with Crippen molar-refractivity contribution < 1.29 is 23.5 Å². The molecule has 1 fully saturated rings. The molecule has 0 radical (unpaired) electrons. The molecule has 1 amide bonds. The summed E-state index contributed by atoms with van der Waals surface area (Å²) in [6.45, 7) is 0.187. The molecule has 1 aliphatic rings. The molecule has 1 aliphatic heterocycles. The number of hydrogen-bond acceptors (Lipinski definition) is 6. The zero-order chi connectivity index (χ0) is 17.6. The van der Waals surface area contributed by atoms with Crippen molar-refractivity contribution in [2.45, 2.75) is 6.42 Å². The lowest BCUT2D eigenvalue weighted by Crippen LogP contribution is -2.26. The molecule has 0 saturated carbocycles. The zero-order valence-corrected chi connectivity index (χ0v) is 14.1. The maximum absolute atomic E-state index is 11.8. The maximum atomic E-state index is 11.8. The lowest BCUT2D eigenvalue weighted by Gasteiger charge is -2.15. The van der Waals surface area contributed by atoms with E-state index in [9.17, 15) is 19.7 Å². The first-order valence-corrected chi connectivity index (χ1v) is 8.93. The molecular weight excluding hydrogens is 371 g/mol. The summed E-state index contributed by atoms with van der Waals surface area (Å²) in [5, 5.41) is 10.7. The molecule has 0 aromatic heterocycles. The normalized spacial score (nSPS) is 16.8. The Hall–Kier alpha value is -1.71. The van der Waals surface area contributed by atoms with Crippen LogP contribution >= 0.6 is 21.4 Å². The third kappa shape index (κ3) is 5.77. The number of nitro groups is 1. The van der Waals surface area contributed by atoms with Gasteiger partial charge in [-0.05, 0) is 6.07 Å². The van der Waals surface area contributed by atoms with Gasteiger partial charge in [0.25, 0.3) is 5.69 Å². The third-order valence-corrected chi connectivity index (χ3v) is 3.01. The van der Waals surface area contributed by atoms with Crippen molar-refractivity contribution in [3.8, 4) is 0 Å². The van der Waals surface area contributed by atoms with Crippen molar-refractivity contribution >= 4 is 53.8 Å². The molecule has 0 bridgehead atoms. The van der Waals surface area contributed by atoms with Crippen LogP contribution in [-0.4, -0.2) is 34.7 Å². The van der Waals surface area contributed by atoms with Crippen molar-refractivity contribution in [2.75, 3.05) is 18.6 Å². The molecule has 1 aromatic carbocycles. The van der Waals surface area contributed by atoms with Crippen LogP contribution in [0.15, 0.2) is 24.3 Å². The average molecular weight is 383 g/mol. The van der Waals surface area contributed by atoms with Crippen molar-refractivity contribution in [3.05, 3.63) is 34.4 Å². The Bertz CT molecular complexity index is 638. The van der Waals surface area contributed by atoms with E-state index in [1.807, 2.05) is 0 Å². The lowest BCUT2D eigenvalue weighted by molar-refractivity contribution is -0.384. The van der Waals surface area contributed by atoms with Gasteiger partial charge in [0.2, 0.25) is 15.1 Å². The predicted octanol–water partition coefficient (Wildman–Crippen LogP) is 2.16. The summed E-state index contributed by atoms with van der Waals surface area (Å²) in [5.74, 6) is -1.20. The summed E-state index contributed by atoms with van der Waals surface area (Å²) < 4.78 is 13.7. The number of anilines is 1. The van der Waals surface area contributed by atoms with Crippen molar-refractivity contribution in [2.24, 2.45) is 5.92 Å². The number of nitrogens with zero attached hydrogens (tertiary/aromatic N) is 2. The lowest BCUT2D eigenvalue weighted by atomic mass is 10.1. The van der Waals surface area contributed by atoms with Crippen molar-refractivity contribution in [1.82, 2.24) is 0 Å². The van der Waals surface area contributed by atoms with Crippen molar-refractivity contribution in [1.29, 1.82) is 0 Å². The second-order valence-corrected chi connectivity index (χ2v) is 6.91. The van der Waals surface area contributed by atoms with Crippen molar-refractivity contribution in [3.63, 3.8) is 0 Å². The van der Waals surface area contributed by atoms with Crippen LogP contribution in [0.2, 0.25) is 0 Å². The standard InChI is InChI=1S/C12H12N2O5.Cl2OS/c1-19-12(16)8-5-11(15)13(7-8)9-3-2-4-10(6-9)14(17)18;1-4(2)3/h2-4,6,8H,5,7H2,1H3;. The van der Waals surface area contributed by atoms with Gasteiger partial charge in [0, 0.05) is 46.5 Å². The Morgan fingerprint density at radius 1 is 1.48 bits per heavy atom. The van der Waals surface area contributed by atoms with Crippen LogP contribution in [0.5, 0.6) is 0 Å². The highest BCUT2D eigenvalue weighted by Gasteiger charge is 2.36. The van der Waals surface area contributed by atoms with E-state index in [1.165, 1.54) is 30.2 Å². The monoisotopic (exact) mass is 382 g/mol. The van der Waals surface area contributed by atoms with Gasteiger partial charge in [0.05, 0.1) is 23.6 Å². The Balaban J connectivity index is 0.000000593. The van der Waals surface area contributed by atoms with E-state index < -0.39 is 26.0 Å². The number of non-ortho nitro benzene ring substituents is 1. The average Bonchev–Trinajstić information content (AvgIpc) is 2.88. The molecule has 2 rings (SSSR count). The van der Waals surface area contributed by atoms with Gasteiger partial charge in [0.15, 0.2) is 0 Å². The first-order valence-electron chi connectivity index (χ1n) is 6.13. The summed E-state index contributed by atoms with van der Waals surface area (Å²) in [6, 6.07) is 5.77. The maximum Gasteiger partial charge on any atom is 0.311 e. The van der Waals surface area contributed by atoms with E-state index >= 15 is 0 Å². The number of amides is 1. The molecule has 1 saturated heterocycles. The first kappa shape index (κ1) is 19.3. The number of halogens is 2. The zero-order valence-electron chi connectivity index (χ0n) is 11.8.